The molecule has 182 valence electrons. The van der Waals surface area contributed by atoms with Gasteiger partial charge in [0, 0.05) is 5.56 Å². The van der Waals surface area contributed by atoms with Crippen LogP contribution in [0.25, 0.3) is 33.5 Å². The van der Waals surface area contributed by atoms with Crippen LogP contribution in [0.1, 0.15) is 55.5 Å². The number of imidazole rings is 1. The smallest absolute Gasteiger partial charge is 0.164 e. The van der Waals surface area contributed by atoms with Crippen LogP contribution >= 0.6 is 0 Å². The molecule has 0 unspecified atom stereocenters. The van der Waals surface area contributed by atoms with Gasteiger partial charge in [-0.3, -0.25) is 0 Å². The maximum Gasteiger partial charge on any atom is 0.164 e. The maximum absolute atomic E-state index is 4.91. The molecule has 36 heavy (non-hydrogen) atoms. The lowest BCUT2D eigenvalue weighted by atomic mass is 9.79. The molecule has 0 aliphatic heterocycles. The molecule has 4 heteroatoms. The van der Waals surface area contributed by atoms with E-state index in [1.54, 1.807) is 6.33 Å². The molecule has 0 amide bonds. The largest absolute Gasteiger partial charge is 0.311 e. The minimum absolute atomic E-state index is 0.731. The highest BCUT2D eigenvalue weighted by atomic mass is 15.1. The molecule has 0 saturated heterocycles. The minimum atomic E-state index is 0.731. The van der Waals surface area contributed by atoms with Gasteiger partial charge in [0.2, 0.25) is 0 Å². The van der Waals surface area contributed by atoms with E-state index >= 15 is 0 Å². The van der Waals surface area contributed by atoms with Crippen LogP contribution in [0.4, 0.5) is 0 Å². The lowest BCUT2D eigenvalue weighted by molar-refractivity contribution is 0.813. The minimum Gasteiger partial charge on any atom is -0.311 e. The second-order valence-electron chi connectivity index (χ2n) is 9.20. The molecule has 3 aromatic carbocycles. The van der Waals surface area contributed by atoms with Crippen LogP contribution in [0.5, 0.6) is 0 Å². The van der Waals surface area contributed by atoms with Crippen molar-refractivity contribution < 1.29 is 0 Å². The van der Waals surface area contributed by atoms with Crippen LogP contribution in [-0.4, -0.2) is 19.5 Å². The quantitative estimate of drug-likeness (QED) is 0.234. The molecule has 4 nitrogen and oxygen atoms in total. The molecule has 5 rings (SSSR count). The van der Waals surface area contributed by atoms with Gasteiger partial charge in [-0.1, -0.05) is 88.4 Å². The topological polar surface area (TPSA) is 43.6 Å². The third-order valence-corrected chi connectivity index (χ3v) is 7.26. The van der Waals surface area contributed by atoms with Gasteiger partial charge in [0.05, 0.1) is 12.9 Å². The van der Waals surface area contributed by atoms with Crippen LogP contribution in [0, 0.1) is 0 Å². The van der Waals surface area contributed by atoms with E-state index in [0.717, 1.165) is 49.1 Å². The molecule has 0 spiro atoms. The first-order chi connectivity index (χ1) is 17.7. The van der Waals surface area contributed by atoms with Crippen molar-refractivity contribution in [3.05, 3.63) is 101 Å². The van der Waals surface area contributed by atoms with Gasteiger partial charge >= 0.3 is 0 Å². The number of benzene rings is 3. The van der Waals surface area contributed by atoms with E-state index in [1.165, 1.54) is 44.5 Å². The molecular formula is C32H34N4. The van der Waals surface area contributed by atoms with Crippen molar-refractivity contribution in [3.8, 4) is 22.4 Å². The third kappa shape index (κ3) is 4.11. The summed E-state index contributed by atoms with van der Waals surface area (Å²) in [6.45, 7) is 9.85. The molecule has 0 aliphatic rings. The predicted molar refractivity (Wildman–Crippen MR) is 149 cm³/mol. The number of hydrogen-bond donors (Lipinski definition) is 0. The molecule has 0 atom stereocenters. The van der Waals surface area contributed by atoms with Gasteiger partial charge in [-0.2, -0.15) is 0 Å². The lowest BCUT2D eigenvalue weighted by Gasteiger charge is -2.25. The van der Waals surface area contributed by atoms with Gasteiger partial charge in [-0.15, -0.1) is 0 Å². The summed E-state index contributed by atoms with van der Waals surface area (Å²) in [5.41, 5.74) is 13.5. The normalized spacial score (nSPS) is 11.3. The molecule has 2 heterocycles. The van der Waals surface area contributed by atoms with Crippen LogP contribution in [0.2, 0.25) is 0 Å². The predicted octanol–water partition coefficient (Wildman–Crippen LogP) is 7.46. The SMILES string of the molecule is CCc1c(CC)c(CC)c(-c2ncnc3c2ncn3Cc2ccccc2)c(-c2ccccc2)c1CC. The Hall–Kier alpha value is -3.79. The number of rotatable bonds is 8. The summed E-state index contributed by atoms with van der Waals surface area (Å²) in [5.74, 6) is 0. The zero-order valence-electron chi connectivity index (χ0n) is 21.8. The van der Waals surface area contributed by atoms with E-state index in [2.05, 4.69) is 91.8 Å². The number of fused-ring (bicyclic) bond motifs is 1. The van der Waals surface area contributed by atoms with E-state index in [9.17, 15) is 0 Å². The molecule has 0 bridgehead atoms. The molecule has 0 fully saturated rings. The Labute approximate surface area is 214 Å². The first kappa shape index (κ1) is 23.9. The van der Waals surface area contributed by atoms with E-state index in [4.69, 9.17) is 9.97 Å². The molecule has 0 saturated carbocycles. The number of nitrogens with zero attached hydrogens (tertiary/aromatic N) is 4. The maximum atomic E-state index is 4.91. The summed E-state index contributed by atoms with van der Waals surface area (Å²) in [5, 5.41) is 0. The number of hydrogen-bond acceptors (Lipinski definition) is 3. The number of aromatic nitrogens is 4. The summed E-state index contributed by atoms with van der Waals surface area (Å²) >= 11 is 0. The van der Waals surface area contributed by atoms with Crippen molar-refractivity contribution >= 4 is 11.2 Å². The summed E-state index contributed by atoms with van der Waals surface area (Å²) in [7, 11) is 0. The van der Waals surface area contributed by atoms with Crippen molar-refractivity contribution in [1.82, 2.24) is 19.5 Å². The van der Waals surface area contributed by atoms with Crippen LogP contribution in [-0.2, 0) is 32.2 Å². The Bertz CT molecular complexity index is 1480. The standard InChI is InChI=1S/C32H34N4/c1-5-24-25(6-2)27(8-4)29(28(26(24)7-3)23-17-13-10-14-18-23)30-31-32(34-20-33-30)36(21-35-31)19-22-15-11-9-12-16-22/h9-18,20-21H,5-8,19H2,1-4H3. The van der Waals surface area contributed by atoms with Crippen LogP contribution in [0.15, 0.2) is 73.3 Å². The van der Waals surface area contributed by atoms with Crippen LogP contribution in [0.3, 0.4) is 0 Å². The van der Waals surface area contributed by atoms with Gasteiger partial charge in [-0.25, -0.2) is 15.0 Å². The van der Waals surface area contributed by atoms with E-state index < -0.39 is 0 Å². The van der Waals surface area contributed by atoms with Crippen molar-refractivity contribution in [1.29, 1.82) is 0 Å². The molecule has 5 aromatic rings. The molecule has 2 aromatic heterocycles. The lowest BCUT2D eigenvalue weighted by Crippen LogP contribution is -2.09. The molecule has 0 N–H and O–H groups in total. The Morgan fingerprint density at radius 3 is 1.81 bits per heavy atom. The summed E-state index contributed by atoms with van der Waals surface area (Å²) in [4.78, 5) is 14.5. The zero-order valence-corrected chi connectivity index (χ0v) is 21.8. The van der Waals surface area contributed by atoms with E-state index in [0.29, 0.717) is 0 Å². The third-order valence-electron chi connectivity index (χ3n) is 7.26. The van der Waals surface area contributed by atoms with Crippen LogP contribution < -0.4 is 0 Å². The van der Waals surface area contributed by atoms with E-state index in [1.807, 2.05) is 12.4 Å². The van der Waals surface area contributed by atoms with Gasteiger partial charge in [0.25, 0.3) is 0 Å². The fourth-order valence-electron chi connectivity index (χ4n) is 5.75. The Morgan fingerprint density at radius 2 is 1.19 bits per heavy atom. The van der Waals surface area contributed by atoms with Crippen molar-refractivity contribution in [2.45, 2.75) is 59.9 Å². The molecular weight excluding hydrogens is 440 g/mol. The van der Waals surface area contributed by atoms with Gasteiger partial charge in [0.15, 0.2) is 5.65 Å². The Kier molecular flexibility index (Phi) is 6.95. The summed E-state index contributed by atoms with van der Waals surface area (Å²) < 4.78 is 2.13. The Morgan fingerprint density at radius 1 is 0.611 bits per heavy atom. The fraction of sp³-hybridized carbons (Fsp3) is 0.281. The second kappa shape index (κ2) is 10.4. The van der Waals surface area contributed by atoms with Crippen molar-refractivity contribution in [3.63, 3.8) is 0 Å². The highest BCUT2D eigenvalue weighted by Crippen LogP contribution is 2.43. The monoisotopic (exact) mass is 474 g/mol. The first-order valence-electron chi connectivity index (χ1n) is 13.2. The average molecular weight is 475 g/mol. The van der Waals surface area contributed by atoms with Crippen molar-refractivity contribution in [2.75, 3.05) is 0 Å². The fourth-order valence-corrected chi connectivity index (χ4v) is 5.75. The highest BCUT2D eigenvalue weighted by Gasteiger charge is 2.25. The Balaban J connectivity index is 1.83. The molecule has 0 aliphatic carbocycles. The van der Waals surface area contributed by atoms with Gasteiger partial charge < -0.3 is 4.57 Å². The average Bonchev–Trinajstić information content (AvgIpc) is 3.35. The summed E-state index contributed by atoms with van der Waals surface area (Å²) in [6, 6.07) is 21.3. The van der Waals surface area contributed by atoms with E-state index in [-0.39, 0.29) is 0 Å². The first-order valence-corrected chi connectivity index (χ1v) is 13.2. The summed E-state index contributed by atoms with van der Waals surface area (Å²) in [6.07, 6.45) is 7.59. The highest BCUT2D eigenvalue weighted by molar-refractivity contribution is 5.97. The van der Waals surface area contributed by atoms with Crippen molar-refractivity contribution in [2.24, 2.45) is 0 Å². The molecule has 0 radical (unpaired) electrons. The van der Waals surface area contributed by atoms with Gasteiger partial charge in [0.1, 0.15) is 17.5 Å². The second-order valence-corrected chi connectivity index (χ2v) is 9.20. The van der Waals surface area contributed by atoms with Gasteiger partial charge in [-0.05, 0) is 64.6 Å². The zero-order chi connectivity index (χ0) is 25.1.